The summed E-state index contributed by atoms with van der Waals surface area (Å²) in [5, 5.41) is 0. The highest BCUT2D eigenvalue weighted by molar-refractivity contribution is 7.99. The number of Topliss-reactive ketones (excluding diaryl/α,β-unsaturated/α-hetero) is 1. The second kappa shape index (κ2) is 6.06. The number of carbonyl (C=O) groups excluding carboxylic acids is 1. The molecule has 0 N–H and O–H groups in total. The molecule has 1 fully saturated rings. The Morgan fingerprint density at radius 2 is 2.15 bits per heavy atom. The van der Waals surface area contributed by atoms with Gasteiger partial charge in [0.05, 0.1) is 5.75 Å². The van der Waals surface area contributed by atoms with Crippen molar-refractivity contribution in [2.45, 2.75) is 12.8 Å². The number of thioether (sulfide) groups is 1. The topological polar surface area (TPSA) is 20.3 Å². The summed E-state index contributed by atoms with van der Waals surface area (Å²) in [7, 11) is 0. The van der Waals surface area contributed by atoms with Crippen LogP contribution in [-0.2, 0) is 4.79 Å². The summed E-state index contributed by atoms with van der Waals surface area (Å²) in [5.41, 5.74) is 0. The minimum Gasteiger partial charge on any atom is -0.302 e. The molecular weight excluding hydrogens is 182 g/mol. The summed E-state index contributed by atoms with van der Waals surface area (Å²) in [6, 6.07) is 0. The quantitative estimate of drug-likeness (QED) is 0.496. The van der Waals surface area contributed by atoms with Crippen molar-refractivity contribution in [3.63, 3.8) is 0 Å². The van der Waals surface area contributed by atoms with Gasteiger partial charge in [-0.3, -0.25) is 4.79 Å². The van der Waals surface area contributed by atoms with Crippen molar-refractivity contribution in [3.05, 3.63) is 0 Å². The van der Waals surface area contributed by atoms with Gasteiger partial charge in [-0.2, -0.15) is 0 Å². The zero-order chi connectivity index (χ0) is 9.52. The van der Waals surface area contributed by atoms with Gasteiger partial charge < -0.3 is 4.90 Å². The van der Waals surface area contributed by atoms with E-state index in [9.17, 15) is 4.79 Å². The highest BCUT2D eigenvalue weighted by atomic mass is 32.2. The summed E-state index contributed by atoms with van der Waals surface area (Å²) in [6.07, 6.45) is 6.61. The van der Waals surface area contributed by atoms with Crippen molar-refractivity contribution in [2.75, 3.05) is 31.1 Å². The average Bonchev–Trinajstić information content (AvgIpc) is 2.15. The van der Waals surface area contributed by atoms with E-state index in [4.69, 9.17) is 6.42 Å². The minimum absolute atomic E-state index is 0.410. The maximum absolute atomic E-state index is 10.9. The van der Waals surface area contributed by atoms with Gasteiger partial charge in [0.25, 0.3) is 0 Å². The van der Waals surface area contributed by atoms with Crippen molar-refractivity contribution in [2.24, 2.45) is 0 Å². The summed E-state index contributed by atoms with van der Waals surface area (Å²) in [6.45, 7) is 2.95. The third-order valence-electron chi connectivity index (χ3n) is 2.15. The Bertz CT molecular complexity index is 199. The smallest absolute Gasteiger partial charge is 0.135 e. The van der Waals surface area contributed by atoms with Crippen LogP contribution in [0.25, 0.3) is 0 Å². The first-order chi connectivity index (χ1) is 6.33. The molecule has 0 bridgehead atoms. The maximum Gasteiger partial charge on any atom is 0.135 e. The molecular formula is C10H15NOS. The number of likely N-dealkylation sites (tertiary alicyclic amines) is 1. The van der Waals surface area contributed by atoms with Gasteiger partial charge in [-0.1, -0.05) is 5.92 Å². The molecule has 0 aromatic rings. The predicted octanol–water partition coefficient (Wildman–Crippen LogP) is 1.02. The first-order valence-electron chi connectivity index (χ1n) is 4.58. The van der Waals surface area contributed by atoms with Crippen LogP contribution < -0.4 is 0 Å². The van der Waals surface area contributed by atoms with Crippen LogP contribution in [0.15, 0.2) is 0 Å². The van der Waals surface area contributed by atoms with Gasteiger partial charge in [0.1, 0.15) is 5.78 Å². The lowest BCUT2D eigenvalue weighted by atomic mass is 10.1. The van der Waals surface area contributed by atoms with E-state index >= 15 is 0 Å². The molecule has 1 saturated heterocycles. The fraction of sp³-hybridized carbons (Fsp3) is 0.700. The number of hydrogen-bond acceptors (Lipinski definition) is 3. The Kier molecular flexibility index (Phi) is 4.95. The van der Waals surface area contributed by atoms with Crippen molar-refractivity contribution in [3.8, 4) is 12.3 Å². The van der Waals surface area contributed by atoms with Crippen LogP contribution in [0.5, 0.6) is 0 Å². The van der Waals surface area contributed by atoms with Crippen molar-refractivity contribution in [1.29, 1.82) is 0 Å². The van der Waals surface area contributed by atoms with Crippen LogP contribution in [0.4, 0.5) is 0 Å². The van der Waals surface area contributed by atoms with Crippen LogP contribution in [0.1, 0.15) is 12.8 Å². The Hall–Kier alpha value is -0.460. The molecule has 0 aliphatic carbocycles. The van der Waals surface area contributed by atoms with E-state index in [1.807, 2.05) is 0 Å². The highest BCUT2D eigenvalue weighted by Gasteiger charge is 2.14. The molecule has 1 rings (SSSR count). The van der Waals surface area contributed by atoms with Gasteiger partial charge in [-0.25, -0.2) is 0 Å². The lowest BCUT2D eigenvalue weighted by Crippen LogP contribution is -2.35. The third-order valence-corrected chi connectivity index (χ3v) is 2.99. The molecule has 1 aliphatic heterocycles. The van der Waals surface area contributed by atoms with Gasteiger partial charge in [-0.15, -0.1) is 18.2 Å². The lowest BCUT2D eigenvalue weighted by Gasteiger charge is -2.25. The van der Waals surface area contributed by atoms with Gasteiger partial charge in [0.2, 0.25) is 0 Å². The summed E-state index contributed by atoms with van der Waals surface area (Å²) >= 11 is 1.78. The van der Waals surface area contributed by atoms with Gasteiger partial charge >= 0.3 is 0 Å². The van der Waals surface area contributed by atoms with Crippen molar-refractivity contribution >= 4 is 17.5 Å². The molecule has 72 valence electrons. The molecule has 0 saturated carbocycles. The molecule has 0 amide bonds. The molecule has 0 aromatic heterocycles. The zero-order valence-corrected chi connectivity index (χ0v) is 8.61. The van der Waals surface area contributed by atoms with Crippen LogP contribution in [0.3, 0.4) is 0 Å². The lowest BCUT2D eigenvalue weighted by molar-refractivity contribution is -0.121. The van der Waals surface area contributed by atoms with Crippen molar-refractivity contribution < 1.29 is 4.79 Å². The molecule has 1 aliphatic rings. The molecule has 13 heavy (non-hydrogen) atoms. The molecule has 0 radical (unpaired) electrons. The zero-order valence-electron chi connectivity index (χ0n) is 7.79. The second-order valence-corrected chi connectivity index (χ2v) is 4.24. The summed E-state index contributed by atoms with van der Waals surface area (Å²) < 4.78 is 0. The summed E-state index contributed by atoms with van der Waals surface area (Å²) in [4.78, 5) is 13.3. The first kappa shape index (κ1) is 10.6. The van der Waals surface area contributed by atoms with Crippen LogP contribution in [0, 0.1) is 12.3 Å². The predicted molar refractivity (Wildman–Crippen MR) is 56.8 cm³/mol. The number of hydrogen-bond donors (Lipinski definition) is 0. The van der Waals surface area contributed by atoms with E-state index in [1.165, 1.54) is 0 Å². The van der Waals surface area contributed by atoms with E-state index in [-0.39, 0.29) is 0 Å². The summed E-state index contributed by atoms with van der Waals surface area (Å²) in [5.74, 6) is 4.89. The average molecular weight is 197 g/mol. The molecule has 3 heteroatoms. The largest absolute Gasteiger partial charge is 0.302 e. The number of carbonyl (C=O) groups is 1. The SMILES string of the molecule is C#CCSCCN1CCC(=O)CC1. The van der Waals surface area contributed by atoms with E-state index in [0.717, 1.165) is 44.0 Å². The first-order valence-corrected chi connectivity index (χ1v) is 5.73. The third kappa shape index (κ3) is 4.35. The maximum atomic E-state index is 10.9. The number of terminal acetylenes is 1. The van der Waals surface area contributed by atoms with E-state index < -0.39 is 0 Å². The Balaban J connectivity index is 2.03. The van der Waals surface area contributed by atoms with Gasteiger partial charge in [0.15, 0.2) is 0 Å². The fourth-order valence-corrected chi connectivity index (χ4v) is 2.00. The minimum atomic E-state index is 0.410. The molecule has 0 atom stereocenters. The van der Waals surface area contributed by atoms with Crippen LogP contribution in [-0.4, -0.2) is 41.8 Å². The molecule has 1 heterocycles. The number of nitrogens with zero attached hydrogens (tertiary/aromatic N) is 1. The number of piperidine rings is 1. The number of rotatable bonds is 4. The Morgan fingerprint density at radius 1 is 1.46 bits per heavy atom. The van der Waals surface area contributed by atoms with Gasteiger partial charge in [-0.05, 0) is 0 Å². The van der Waals surface area contributed by atoms with E-state index in [0.29, 0.717) is 5.78 Å². The standard InChI is InChI=1S/C10H15NOS/c1-2-8-13-9-7-11-5-3-10(12)4-6-11/h1H,3-9H2. The molecule has 0 aromatic carbocycles. The van der Waals surface area contributed by atoms with E-state index in [1.54, 1.807) is 11.8 Å². The second-order valence-electron chi connectivity index (χ2n) is 3.14. The normalized spacial score (nSPS) is 18.5. The highest BCUT2D eigenvalue weighted by Crippen LogP contribution is 2.07. The Labute approximate surface area is 84.1 Å². The van der Waals surface area contributed by atoms with Crippen LogP contribution in [0.2, 0.25) is 0 Å². The molecule has 0 unspecified atom stereocenters. The molecule has 0 spiro atoms. The van der Waals surface area contributed by atoms with Gasteiger partial charge in [0, 0.05) is 38.2 Å². The fourth-order valence-electron chi connectivity index (χ4n) is 1.35. The monoisotopic (exact) mass is 197 g/mol. The Morgan fingerprint density at radius 3 is 2.77 bits per heavy atom. The van der Waals surface area contributed by atoms with E-state index in [2.05, 4.69) is 10.8 Å². The van der Waals surface area contributed by atoms with Crippen molar-refractivity contribution in [1.82, 2.24) is 4.90 Å². The molecule has 2 nitrogen and oxygen atoms in total. The number of ketones is 1. The van der Waals surface area contributed by atoms with Crippen LogP contribution >= 0.6 is 11.8 Å².